The van der Waals surface area contributed by atoms with Crippen molar-refractivity contribution in [2.45, 2.75) is 25.0 Å². The molecule has 2 aliphatic rings. The molecule has 0 bridgehead atoms. The summed E-state index contributed by atoms with van der Waals surface area (Å²) in [6.07, 6.45) is 1.29. The summed E-state index contributed by atoms with van der Waals surface area (Å²) in [5.41, 5.74) is 0.0204. The maximum absolute atomic E-state index is 14.0. The lowest BCUT2D eigenvalue weighted by Crippen LogP contribution is -2.59. The molecule has 0 unspecified atom stereocenters. The van der Waals surface area contributed by atoms with Crippen LogP contribution >= 0.6 is 11.3 Å². The van der Waals surface area contributed by atoms with Crippen LogP contribution in [0.15, 0.2) is 41.8 Å². The van der Waals surface area contributed by atoms with Crippen molar-refractivity contribution >= 4 is 23.2 Å². The van der Waals surface area contributed by atoms with Gasteiger partial charge < -0.3 is 9.80 Å². The van der Waals surface area contributed by atoms with Crippen molar-refractivity contribution < 1.29 is 14.0 Å². The van der Waals surface area contributed by atoms with E-state index in [1.165, 1.54) is 17.4 Å². The molecule has 7 heteroatoms. The fourth-order valence-electron chi connectivity index (χ4n) is 3.79. The van der Waals surface area contributed by atoms with Crippen molar-refractivity contribution in [3.8, 4) is 0 Å². The van der Waals surface area contributed by atoms with Crippen LogP contribution in [0.4, 0.5) is 4.39 Å². The van der Waals surface area contributed by atoms with Crippen molar-refractivity contribution in [1.29, 1.82) is 0 Å². The van der Waals surface area contributed by atoms with Gasteiger partial charge in [-0.1, -0.05) is 24.3 Å². The summed E-state index contributed by atoms with van der Waals surface area (Å²) in [6, 6.07) is 10.3. The minimum absolute atomic E-state index is 0.0220. The predicted octanol–water partition coefficient (Wildman–Crippen LogP) is 2.45. The van der Waals surface area contributed by atoms with E-state index < -0.39 is 5.66 Å². The standard InChI is InChI=1S/C19H20FN3O2S/c20-15-5-2-1-4-14(15)13-23-17(24)12-21-19(23)7-9-22(10-8-19)18(25)16-6-3-11-26-16/h1-6,11,21H,7-10,12-13H2. The topological polar surface area (TPSA) is 52.7 Å². The molecule has 2 aromatic rings. The van der Waals surface area contributed by atoms with Crippen LogP contribution in [0.25, 0.3) is 0 Å². The van der Waals surface area contributed by atoms with Gasteiger partial charge in [0, 0.05) is 31.5 Å². The van der Waals surface area contributed by atoms with Crippen LogP contribution in [0.2, 0.25) is 0 Å². The monoisotopic (exact) mass is 373 g/mol. The first-order valence-electron chi connectivity index (χ1n) is 8.71. The highest BCUT2D eigenvalue weighted by Crippen LogP contribution is 2.32. The van der Waals surface area contributed by atoms with Gasteiger partial charge >= 0.3 is 0 Å². The minimum Gasteiger partial charge on any atom is -0.338 e. The van der Waals surface area contributed by atoms with E-state index >= 15 is 0 Å². The van der Waals surface area contributed by atoms with Gasteiger partial charge in [0.05, 0.1) is 23.6 Å². The Balaban J connectivity index is 1.49. The number of hydrogen-bond acceptors (Lipinski definition) is 4. The minimum atomic E-state index is -0.494. The van der Waals surface area contributed by atoms with Crippen molar-refractivity contribution in [1.82, 2.24) is 15.1 Å². The Hall–Kier alpha value is -2.25. The number of halogens is 1. The van der Waals surface area contributed by atoms with Gasteiger partial charge in [-0.3, -0.25) is 14.9 Å². The third-order valence-corrected chi connectivity index (χ3v) is 6.14. The molecule has 5 nitrogen and oxygen atoms in total. The lowest BCUT2D eigenvalue weighted by Gasteiger charge is -2.44. The number of rotatable bonds is 3. The molecule has 2 amide bonds. The molecule has 0 atom stereocenters. The number of amides is 2. The van der Waals surface area contributed by atoms with Crippen LogP contribution < -0.4 is 5.32 Å². The number of piperidine rings is 1. The summed E-state index contributed by atoms with van der Waals surface area (Å²) in [5, 5.41) is 5.22. The van der Waals surface area contributed by atoms with E-state index in [0.29, 0.717) is 31.5 Å². The van der Waals surface area contributed by atoms with Gasteiger partial charge in [-0.05, 0) is 17.5 Å². The average Bonchev–Trinajstić information content (AvgIpc) is 3.28. The van der Waals surface area contributed by atoms with E-state index in [2.05, 4.69) is 5.32 Å². The van der Waals surface area contributed by atoms with Crippen LogP contribution in [0.1, 0.15) is 28.1 Å². The van der Waals surface area contributed by atoms with Crippen LogP contribution in [0, 0.1) is 5.82 Å². The second-order valence-corrected chi connectivity index (χ2v) is 7.67. The van der Waals surface area contributed by atoms with Crippen LogP contribution in [-0.4, -0.2) is 46.9 Å². The molecule has 0 aliphatic carbocycles. The molecule has 136 valence electrons. The lowest BCUT2D eigenvalue weighted by atomic mass is 9.95. The average molecular weight is 373 g/mol. The number of thiophene rings is 1. The fourth-order valence-corrected chi connectivity index (χ4v) is 4.48. The van der Waals surface area contributed by atoms with Crippen molar-refractivity contribution in [2.24, 2.45) is 0 Å². The van der Waals surface area contributed by atoms with Gasteiger partial charge in [0.15, 0.2) is 0 Å². The van der Waals surface area contributed by atoms with E-state index in [-0.39, 0.29) is 30.7 Å². The first kappa shape index (κ1) is 17.2. The van der Waals surface area contributed by atoms with Crippen LogP contribution in [-0.2, 0) is 11.3 Å². The summed E-state index contributed by atoms with van der Waals surface area (Å²) in [4.78, 5) is 29.3. The molecular weight excluding hydrogens is 353 g/mol. The molecule has 1 spiro atoms. The third kappa shape index (κ3) is 3.01. The Labute approximate surface area is 155 Å². The molecule has 26 heavy (non-hydrogen) atoms. The Bertz CT molecular complexity index is 816. The second kappa shape index (κ2) is 6.81. The lowest BCUT2D eigenvalue weighted by molar-refractivity contribution is -0.132. The van der Waals surface area contributed by atoms with Crippen molar-refractivity contribution in [2.75, 3.05) is 19.6 Å². The van der Waals surface area contributed by atoms with Crippen molar-refractivity contribution in [3.05, 3.63) is 58.0 Å². The molecule has 2 fully saturated rings. The molecule has 4 rings (SSSR count). The molecule has 2 saturated heterocycles. The summed E-state index contributed by atoms with van der Waals surface area (Å²) in [6.45, 7) is 1.65. The van der Waals surface area contributed by atoms with E-state index in [1.807, 2.05) is 22.4 Å². The molecule has 3 heterocycles. The highest BCUT2D eigenvalue weighted by Gasteiger charge is 2.47. The number of hydrogen-bond donors (Lipinski definition) is 1. The summed E-state index contributed by atoms with van der Waals surface area (Å²) in [7, 11) is 0. The molecule has 1 aromatic carbocycles. The predicted molar refractivity (Wildman–Crippen MR) is 97.1 cm³/mol. The van der Waals surface area contributed by atoms with Gasteiger partial charge in [0.2, 0.25) is 5.91 Å². The maximum atomic E-state index is 14.0. The Morgan fingerprint density at radius 1 is 1.19 bits per heavy atom. The zero-order valence-electron chi connectivity index (χ0n) is 14.3. The Kier molecular flexibility index (Phi) is 4.50. The molecular formula is C19H20FN3O2S. The number of nitrogens with one attached hydrogen (secondary N) is 1. The van der Waals surface area contributed by atoms with Gasteiger partial charge in [0.1, 0.15) is 5.82 Å². The Morgan fingerprint density at radius 3 is 2.65 bits per heavy atom. The highest BCUT2D eigenvalue weighted by atomic mass is 32.1. The summed E-state index contributed by atoms with van der Waals surface area (Å²) in [5.74, 6) is -0.279. The Morgan fingerprint density at radius 2 is 1.96 bits per heavy atom. The molecule has 0 radical (unpaired) electrons. The van der Waals surface area contributed by atoms with E-state index in [0.717, 1.165) is 4.88 Å². The summed E-state index contributed by atoms with van der Waals surface area (Å²) >= 11 is 1.44. The second-order valence-electron chi connectivity index (χ2n) is 6.73. The fraction of sp³-hybridized carbons (Fsp3) is 0.368. The van der Waals surface area contributed by atoms with E-state index in [1.54, 1.807) is 23.1 Å². The van der Waals surface area contributed by atoms with Gasteiger partial charge in [-0.25, -0.2) is 4.39 Å². The smallest absolute Gasteiger partial charge is 0.263 e. The maximum Gasteiger partial charge on any atom is 0.263 e. The first-order chi connectivity index (χ1) is 12.6. The number of carbonyl (C=O) groups is 2. The zero-order chi connectivity index (χ0) is 18.1. The highest BCUT2D eigenvalue weighted by molar-refractivity contribution is 7.12. The number of benzene rings is 1. The number of likely N-dealkylation sites (tertiary alicyclic amines) is 1. The van der Waals surface area contributed by atoms with Crippen molar-refractivity contribution in [3.63, 3.8) is 0 Å². The quantitative estimate of drug-likeness (QED) is 0.899. The van der Waals surface area contributed by atoms with Crippen LogP contribution in [0.5, 0.6) is 0 Å². The largest absolute Gasteiger partial charge is 0.338 e. The number of carbonyl (C=O) groups excluding carboxylic acids is 2. The first-order valence-corrected chi connectivity index (χ1v) is 9.59. The summed E-state index contributed by atoms with van der Waals surface area (Å²) < 4.78 is 14.0. The molecule has 1 N–H and O–H groups in total. The molecule has 1 aromatic heterocycles. The van der Waals surface area contributed by atoms with E-state index in [4.69, 9.17) is 0 Å². The SMILES string of the molecule is O=C(c1cccs1)N1CCC2(CC1)NCC(=O)N2Cc1ccccc1F. The van der Waals surface area contributed by atoms with Gasteiger partial charge in [0.25, 0.3) is 5.91 Å². The number of nitrogens with zero attached hydrogens (tertiary/aromatic N) is 2. The van der Waals surface area contributed by atoms with Crippen LogP contribution in [0.3, 0.4) is 0 Å². The normalized spacial score (nSPS) is 19.3. The van der Waals surface area contributed by atoms with Gasteiger partial charge in [-0.2, -0.15) is 0 Å². The van der Waals surface area contributed by atoms with E-state index in [9.17, 15) is 14.0 Å². The van der Waals surface area contributed by atoms with Gasteiger partial charge in [-0.15, -0.1) is 11.3 Å². The third-order valence-electron chi connectivity index (χ3n) is 5.28. The molecule has 2 aliphatic heterocycles. The molecule has 0 saturated carbocycles. The zero-order valence-corrected chi connectivity index (χ0v) is 15.1.